The summed E-state index contributed by atoms with van der Waals surface area (Å²) < 4.78 is 0. The van der Waals surface area contributed by atoms with Crippen LogP contribution in [0.5, 0.6) is 0 Å². The number of carboxylic acids is 1. The van der Waals surface area contributed by atoms with Crippen molar-refractivity contribution in [1.82, 2.24) is 0 Å². The fraction of sp³-hybridized carbons (Fsp3) is 0.846. The molecule has 3 nitrogen and oxygen atoms in total. The average Bonchev–Trinajstić information content (AvgIpc) is 2.53. The lowest BCUT2D eigenvalue weighted by Gasteiger charge is -2.20. The molecular weight excluding hydrogens is 234 g/mol. The summed E-state index contributed by atoms with van der Waals surface area (Å²) in [5, 5.41) is 11.0. The van der Waals surface area contributed by atoms with Gasteiger partial charge < -0.3 is 5.11 Å². The lowest BCUT2D eigenvalue weighted by atomic mass is 10.1. The Hall–Kier alpha value is -0.510. The van der Waals surface area contributed by atoms with E-state index in [4.69, 9.17) is 0 Å². The maximum absolute atomic E-state index is 11.2. The van der Waals surface area contributed by atoms with Gasteiger partial charge in [0.1, 0.15) is 0 Å². The van der Waals surface area contributed by atoms with E-state index in [9.17, 15) is 9.90 Å². The van der Waals surface area contributed by atoms with E-state index in [1.807, 2.05) is 0 Å². The van der Waals surface area contributed by atoms with Crippen molar-refractivity contribution in [2.45, 2.75) is 39.4 Å². The first kappa shape index (κ1) is 12.9. The molecule has 3 unspecified atom stereocenters. The third-order valence-corrected chi connectivity index (χ3v) is 7.23. The zero-order chi connectivity index (χ0) is 12.8. The molecule has 0 amide bonds. The molecule has 1 N–H and O–H groups in total. The second-order valence-electron chi connectivity index (χ2n) is 6.17. The molecule has 0 aromatic rings. The SMILES string of the molecule is CC(C)CC1=NCC[SH]1C1C(C(=O)O)C1(C)C. The predicted molar refractivity (Wildman–Crippen MR) is 74.3 cm³/mol. The van der Waals surface area contributed by atoms with Gasteiger partial charge in [-0.2, -0.15) is 0 Å². The largest absolute Gasteiger partial charge is 0.481 e. The van der Waals surface area contributed by atoms with Crippen LogP contribution < -0.4 is 0 Å². The highest BCUT2D eigenvalue weighted by Crippen LogP contribution is 2.66. The van der Waals surface area contributed by atoms with E-state index in [0.717, 1.165) is 18.7 Å². The minimum Gasteiger partial charge on any atom is -0.481 e. The lowest BCUT2D eigenvalue weighted by Crippen LogP contribution is -2.09. The van der Waals surface area contributed by atoms with Crippen LogP contribution in [0.3, 0.4) is 0 Å². The quantitative estimate of drug-likeness (QED) is 0.760. The van der Waals surface area contributed by atoms with Crippen molar-refractivity contribution in [2.75, 3.05) is 12.3 Å². The first-order valence-corrected chi connectivity index (χ1v) is 7.98. The molecule has 1 aliphatic heterocycles. The predicted octanol–water partition coefficient (Wildman–Crippen LogP) is 2.56. The summed E-state index contributed by atoms with van der Waals surface area (Å²) in [5.41, 5.74) is -0.0143. The number of nitrogens with zero attached hydrogens (tertiary/aromatic N) is 1. The Kier molecular flexibility index (Phi) is 3.27. The van der Waals surface area contributed by atoms with Gasteiger partial charge in [0.05, 0.1) is 5.92 Å². The van der Waals surface area contributed by atoms with Crippen LogP contribution in [0.2, 0.25) is 0 Å². The van der Waals surface area contributed by atoms with Crippen LogP contribution in [0.4, 0.5) is 0 Å². The fourth-order valence-corrected chi connectivity index (χ4v) is 6.80. The van der Waals surface area contributed by atoms with Gasteiger partial charge in [0, 0.05) is 16.8 Å². The molecule has 0 saturated heterocycles. The monoisotopic (exact) mass is 257 g/mol. The van der Waals surface area contributed by atoms with Crippen molar-refractivity contribution in [1.29, 1.82) is 0 Å². The van der Waals surface area contributed by atoms with Gasteiger partial charge in [-0.1, -0.05) is 27.7 Å². The number of hydrogen-bond donors (Lipinski definition) is 2. The van der Waals surface area contributed by atoms with Crippen molar-refractivity contribution < 1.29 is 9.90 Å². The third kappa shape index (κ3) is 2.24. The molecule has 2 aliphatic rings. The Morgan fingerprint density at radius 1 is 1.59 bits per heavy atom. The van der Waals surface area contributed by atoms with Crippen molar-refractivity contribution in [3.63, 3.8) is 0 Å². The number of rotatable bonds is 4. The molecule has 0 aromatic carbocycles. The van der Waals surface area contributed by atoms with Crippen LogP contribution >= 0.6 is 10.9 Å². The summed E-state index contributed by atoms with van der Waals surface area (Å²) in [5.74, 6) is 0.999. The topological polar surface area (TPSA) is 49.7 Å². The molecule has 2 rings (SSSR count). The van der Waals surface area contributed by atoms with Crippen LogP contribution in [0.15, 0.2) is 4.99 Å². The van der Waals surface area contributed by atoms with Gasteiger partial charge >= 0.3 is 5.97 Å². The minimum absolute atomic E-state index is 0.0143. The molecule has 1 heterocycles. The summed E-state index contributed by atoms with van der Waals surface area (Å²) in [4.78, 5) is 15.9. The fourth-order valence-electron chi connectivity index (χ4n) is 3.00. The standard InChI is InChI=1S/C13H23NO2S/c1-8(2)7-9-14-5-6-17(9)11-10(12(15)16)13(11,3)4/h8,10-11,17H,5-7H2,1-4H3,(H,15,16). The Morgan fingerprint density at radius 3 is 2.71 bits per heavy atom. The minimum atomic E-state index is -0.613. The Morgan fingerprint density at radius 2 is 2.24 bits per heavy atom. The van der Waals surface area contributed by atoms with Crippen molar-refractivity contribution >= 4 is 21.9 Å². The molecular formula is C13H23NO2S. The summed E-state index contributed by atoms with van der Waals surface area (Å²) in [6, 6.07) is 0. The van der Waals surface area contributed by atoms with Crippen LogP contribution in [0.25, 0.3) is 0 Å². The summed E-state index contributed by atoms with van der Waals surface area (Å²) in [6.07, 6.45) is 1.06. The summed E-state index contributed by atoms with van der Waals surface area (Å²) in [7, 11) is -0.279. The number of carbonyl (C=O) groups is 1. The summed E-state index contributed by atoms with van der Waals surface area (Å²) >= 11 is 0. The maximum Gasteiger partial charge on any atom is 0.308 e. The normalized spacial score (nSPS) is 37.0. The van der Waals surface area contributed by atoms with E-state index in [0.29, 0.717) is 11.2 Å². The summed E-state index contributed by atoms with van der Waals surface area (Å²) in [6.45, 7) is 9.54. The molecule has 0 radical (unpaired) electrons. The van der Waals surface area contributed by atoms with Gasteiger partial charge in [-0.05, 0) is 23.5 Å². The number of aliphatic carboxylic acids is 1. The van der Waals surface area contributed by atoms with Gasteiger partial charge in [0.15, 0.2) is 0 Å². The highest BCUT2D eigenvalue weighted by molar-refractivity contribution is 8.31. The molecule has 0 aromatic heterocycles. The molecule has 4 heteroatoms. The number of carboxylic acid groups (broad SMARTS) is 1. The van der Waals surface area contributed by atoms with Crippen molar-refractivity contribution in [3.8, 4) is 0 Å². The second kappa shape index (κ2) is 4.30. The molecule has 0 bridgehead atoms. The molecule has 1 saturated carbocycles. The van der Waals surface area contributed by atoms with Gasteiger partial charge in [0.25, 0.3) is 0 Å². The second-order valence-corrected chi connectivity index (χ2v) is 8.63. The number of hydrogen-bond acceptors (Lipinski definition) is 2. The van der Waals surface area contributed by atoms with Crippen LogP contribution in [0.1, 0.15) is 34.1 Å². The molecule has 3 atom stereocenters. The number of aliphatic imine (C=N–C) groups is 1. The first-order chi connectivity index (χ1) is 7.85. The van der Waals surface area contributed by atoms with E-state index in [1.54, 1.807) is 0 Å². The Labute approximate surface area is 106 Å². The molecule has 1 aliphatic carbocycles. The highest BCUT2D eigenvalue weighted by Gasteiger charge is 2.64. The maximum atomic E-state index is 11.2. The first-order valence-electron chi connectivity index (χ1n) is 6.38. The van der Waals surface area contributed by atoms with E-state index in [1.165, 1.54) is 5.04 Å². The average molecular weight is 257 g/mol. The van der Waals surface area contributed by atoms with Crippen LogP contribution in [-0.4, -0.2) is 33.7 Å². The van der Waals surface area contributed by atoms with Crippen molar-refractivity contribution in [2.24, 2.45) is 22.2 Å². The number of thiol groups is 1. The smallest absolute Gasteiger partial charge is 0.308 e. The van der Waals surface area contributed by atoms with Gasteiger partial charge in [-0.3, -0.25) is 9.79 Å². The Bertz CT molecular complexity index is 362. The van der Waals surface area contributed by atoms with Gasteiger partial charge in [0.2, 0.25) is 0 Å². The Balaban J connectivity index is 2.09. The van der Waals surface area contributed by atoms with Crippen molar-refractivity contribution in [3.05, 3.63) is 0 Å². The molecule has 1 fully saturated rings. The van der Waals surface area contributed by atoms with E-state index in [2.05, 4.69) is 32.7 Å². The van der Waals surface area contributed by atoms with E-state index < -0.39 is 5.97 Å². The third-order valence-electron chi connectivity index (χ3n) is 3.93. The van der Waals surface area contributed by atoms with E-state index in [-0.39, 0.29) is 22.2 Å². The van der Waals surface area contributed by atoms with Crippen LogP contribution in [-0.2, 0) is 4.79 Å². The molecule has 0 spiro atoms. The zero-order valence-electron chi connectivity index (χ0n) is 11.1. The van der Waals surface area contributed by atoms with Gasteiger partial charge in [-0.25, -0.2) is 10.9 Å². The molecule has 17 heavy (non-hydrogen) atoms. The van der Waals surface area contributed by atoms with E-state index >= 15 is 0 Å². The zero-order valence-corrected chi connectivity index (χ0v) is 12.0. The lowest BCUT2D eigenvalue weighted by molar-refractivity contribution is -0.139. The molecule has 98 valence electrons. The van der Waals surface area contributed by atoms with Gasteiger partial charge in [-0.15, -0.1) is 0 Å². The highest BCUT2D eigenvalue weighted by atomic mass is 32.2. The van der Waals surface area contributed by atoms with Crippen LogP contribution in [0, 0.1) is 17.3 Å².